The van der Waals surface area contributed by atoms with E-state index in [1.807, 2.05) is 73.4 Å². The van der Waals surface area contributed by atoms with Crippen LogP contribution in [0.1, 0.15) is 16.7 Å². The molecule has 6 nitrogen and oxygen atoms in total. The first-order valence-corrected chi connectivity index (χ1v) is 17.5. The van der Waals surface area contributed by atoms with Crippen LogP contribution >= 0.6 is 47.8 Å². The zero-order valence-corrected chi connectivity index (χ0v) is 30.0. The molecule has 0 unspecified atom stereocenters. The van der Waals surface area contributed by atoms with Crippen molar-refractivity contribution in [2.45, 2.75) is 18.4 Å². The number of nitrogens with two attached hydrogens (primary N) is 2. The molecule has 0 aliphatic carbocycles. The van der Waals surface area contributed by atoms with Crippen LogP contribution in [0.5, 0.6) is 0 Å². The van der Waals surface area contributed by atoms with Crippen molar-refractivity contribution in [3.63, 3.8) is 0 Å². The number of benzene rings is 4. The summed E-state index contributed by atoms with van der Waals surface area (Å²) in [5.41, 5.74) is 16.7. The molecule has 234 valence electrons. The van der Waals surface area contributed by atoms with Crippen LogP contribution in [-0.2, 0) is 18.4 Å². The van der Waals surface area contributed by atoms with Gasteiger partial charge >= 0.3 is 0 Å². The molecule has 4 heterocycles. The monoisotopic (exact) mass is 809 g/mol. The van der Waals surface area contributed by atoms with Gasteiger partial charge in [0.05, 0.1) is 0 Å². The number of alkyl halides is 1. The largest absolute Gasteiger partial charge is 0.456 e. The summed E-state index contributed by atoms with van der Waals surface area (Å²) in [5, 5.41) is 8.87. The molecule has 0 aliphatic rings. The van der Waals surface area contributed by atoms with Gasteiger partial charge in [-0.25, -0.2) is 0 Å². The fraction of sp³-hybridized carbons (Fsp3) is 0.0789. The smallest absolute Gasteiger partial charge is 0.137 e. The molecule has 0 spiro atoms. The molecule has 47 heavy (non-hydrogen) atoms. The maximum absolute atomic E-state index is 5.96. The van der Waals surface area contributed by atoms with E-state index in [1.165, 1.54) is 16.3 Å². The van der Waals surface area contributed by atoms with Crippen LogP contribution in [-0.4, -0.2) is 15.0 Å². The molecular weight excluding hydrogens is 782 g/mol. The molecule has 8 rings (SSSR count). The lowest BCUT2D eigenvalue weighted by Crippen LogP contribution is -1.96. The van der Waals surface area contributed by atoms with Gasteiger partial charge in [0.2, 0.25) is 0 Å². The first-order valence-electron chi connectivity index (χ1n) is 14.8. The predicted octanol–water partition coefficient (Wildman–Crippen LogP) is 10.5. The number of hydrogen-bond acceptors (Lipinski definition) is 6. The highest BCUT2D eigenvalue weighted by molar-refractivity contribution is 9.11. The van der Waals surface area contributed by atoms with Crippen molar-refractivity contribution in [3.8, 4) is 11.3 Å². The summed E-state index contributed by atoms with van der Waals surface area (Å²) in [6.07, 6.45) is 11.0. The number of halogens is 3. The second-order valence-corrected chi connectivity index (χ2v) is 13.1. The van der Waals surface area contributed by atoms with Crippen LogP contribution in [0, 0.1) is 0 Å². The second-order valence-electron chi connectivity index (χ2n) is 10.8. The molecular formula is C38H30Br3N5O. The number of para-hydroxylation sites is 1. The molecule has 0 atom stereocenters. The Balaban J connectivity index is 0.000000130. The molecule has 8 aromatic rings. The summed E-state index contributed by atoms with van der Waals surface area (Å²) in [7, 11) is 0. The molecule has 0 aliphatic heterocycles. The summed E-state index contributed by atoms with van der Waals surface area (Å²) in [6.45, 7) is 1.10. The SMILES string of the molecule is BrCc1ccc2cncc(Br)c2c1.NCc1ccc2cncc(-c3cc4ccccc4o3)c2c1.NCc1ccc2cncc(Br)c2c1. The van der Waals surface area contributed by atoms with Crippen molar-refractivity contribution in [1.29, 1.82) is 0 Å². The minimum Gasteiger partial charge on any atom is -0.456 e. The van der Waals surface area contributed by atoms with E-state index in [9.17, 15) is 0 Å². The van der Waals surface area contributed by atoms with E-state index < -0.39 is 0 Å². The van der Waals surface area contributed by atoms with Crippen LogP contribution in [0.25, 0.3) is 54.6 Å². The number of fused-ring (bicyclic) bond motifs is 4. The van der Waals surface area contributed by atoms with Gasteiger partial charge in [-0.15, -0.1) is 0 Å². The predicted molar refractivity (Wildman–Crippen MR) is 204 cm³/mol. The number of hydrogen-bond donors (Lipinski definition) is 2. The summed E-state index contributed by atoms with van der Waals surface area (Å²) >= 11 is 10.4. The van der Waals surface area contributed by atoms with E-state index in [4.69, 9.17) is 15.9 Å². The quantitative estimate of drug-likeness (QED) is 0.172. The highest BCUT2D eigenvalue weighted by Gasteiger charge is 2.10. The maximum Gasteiger partial charge on any atom is 0.137 e. The topological polar surface area (TPSA) is 104 Å². The molecule has 0 saturated heterocycles. The number of nitrogens with zero attached hydrogens (tertiary/aromatic N) is 3. The van der Waals surface area contributed by atoms with Gasteiger partial charge in [-0.1, -0.05) is 70.5 Å². The third-order valence-corrected chi connectivity index (χ3v) is 9.61. The van der Waals surface area contributed by atoms with E-state index >= 15 is 0 Å². The molecule has 4 aromatic heterocycles. The van der Waals surface area contributed by atoms with Gasteiger partial charge in [0.25, 0.3) is 0 Å². The molecule has 0 radical (unpaired) electrons. The third kappa shape index (κ3) is 7.61. The lowest BCUT2D eigenvalue weighted by molar-refractivity contribution is 0.632. The van der Waals surface area contributed by atoms with Crippen LogP contribution in [0.15, 0.2) is 135 Å². The van der Waals surface area contributed by atoms with Gasteiger partial charge in [-0.05, 0) is 95.0 Å². The van der Waals surface area contributed by atoms with Crippen molar-refractivity contribution in [1.82, 2.24) is 15.0 Å². The van der Waals surface area contributed by atoms with Crippen molar-refractivity contribution in [3.05, 3.63) is 148 Å². The van der Waals surface area contributed by atoms with Crippen molar-refractivity contribution < 1.29 is 4.42 Å². The van der Waals surface area contributed by atoms with Gasteiger partial charge in [-0.2, -0.15) is 0 Å². The average Bonchev–Trinajstić information content (AvgIpc) is 3.56. The van der Waals surface area contributed by atoms with E-state index in [-0.39, 0.29) is 0 Å². The molecule has 9 heteroatoms. The molecule has 0 saturated carbocycles. The van der Waals surface area contributed by atoms with Crippen LogP contribution in [0.2, 0.25) is 0 Å². The molecule has 4 aromatic carbocycles. The minimum atomic E-state index is 0.526. The van der Waals surface area contributed by atoms with E-state index in [0.29, 0.717) is 13.1 Å². The zero-order chi connectivity index (χ0) is 32.8. The van der Waals surface area contributed by atoms with E-state index in [0.717, 1.165) is 69.2 Å². The number of furan rings is 1. The van der Waals surface area contributed by atoms with Crippen molar-refractivity contribution in [2.24, 2.45) is 11.5 Å². The lowest BCUT2D eigenvalue weighted by Gasteiger charge is -2.05. The Hall–Kier alpha value is -3.99. The Morgan fingerprint density at radius 3 is 1.62 bits per heavy atom. The molecule has 0 fully saturated rings. The fourth-order valence-electron chi connectivity index (χ4n) is 5.21. The number of pyridine rings is 3. The minimum absolute atomic E-state index is 0.526. The first-order chi connectivity index (χ1) is 23.0. The van der Waals surface area contributed by atoms with Crippen LogP contribution in [0.3, 0.4) is 0 Å². The van der Waals surface area contributed by atoms with E-state index in [1.54, 1.807) is 6.20 Å². The van der Waals surface area contributed by atoms with Crippen LogP contribution in [0.4, 0.5) is 0 Å². The second kappa shape index (κ2) is 15.3. The highest BCUT2D eigenvalue weighted by Crippen LogP contribution is 2.33. The van der Waals surface area contributed by atoms with Crippen molar-refractivity contribution >= 4 is 91.1 Å². The van der Waals surface area contributed by atoms with Gasteiger partial charge in [0.1, 0.15) is 11.3 Å². The standard InChI is InChI=1S/C18H14N2O.C10H7Br2N.C10H9BrN2/c19-9-12-5-6-14-10-20-11-16(15(14)7-12)18-8-13-3-1-2-4-17(13)21-18;11-4-7-1-2-8-5-13-6-10(12)9(8)3-7;11-10-6-13-5-8-2-1-7(4-12)3-9(8)10/h1-8,10-11H,9,19H2;1-3,5-6H,4H2;1-3,5-6H,4,12H2. The zero-order valence-electron chi connectivity index (χ0n) is 25.2. The summed E-state index contributed by atoms with van der Waals surface area (Å²) in [5.74, 6) is 0.837. The maximum atomic E-state index is 5.96. The van der Waals surface area contributed by atoms with Crippen molar-refractivity contribution in [2.75, 3.05) is 0 Å². The fourth-order valence-corrected chi connectivity index (χ4v) is 6.48. The first kappa shape index (κ1) is 32.9. The summed E-state index contributed by atoms with van der Waals surface area (Å²) in [4.78, 5) is 12.5. The third-order valence-electron chi connectivity index (χ3n) is 7.69. The Morgan fingerprint density at radius 2 is 1.04 bits per heavy atom. The Kier molecular flexibility index (Phi) is 10.7. The van der Waals surface area contributed by atoms with Gasteiger partial charge in [0.15, 0.2) is 0 Å². The van der Waals surface area contributed by atoms with Gasteiger partial charge in [-0.3, -0.25) is 15.0 Å². The van der Waals surface area contributed by atoms with E-state index in [2.05, 4.69) is 105 Å². The molecule has 0 bridgehead atoms. The number of rotatable bonds is 4. The normalized spacial score (nSPS) is 10.9. The lowest BCUT2D eigenvalue weighted by atomic mass is 10.0. The molecule has 0 amide bonds. The summed E-state index contributed by atoms with van der Waals surface area (Å²) in [6, 6.07) is 28.8. The average molecular weight is 812 g/mol. The summed E-state index contributed by atoms with van der Waals surface area (Å²) < 4.78 is 8.03. The number of aromatic nitrogens is 3. The Bertz CT molecular complexity index is 2200. The van der Waals surface area contributed by atoms with Crippen LogP contribution < -0.4 is 11.5 Å². The van der Waals surface area contributed by atoms with Gasteiger partial charge in [0, 0.05) is 91.7 Å². The Labute approximate surface area is 297 Å². The highest BCUT2D eigenvalue weighted by atomic mass is 79.9. The molecule has 4 N–H and O–H groups in total. The van der Waals surface area contributed by atoms with Gasteiger partial charge < -0.3 is 15.9 Å². The Morgan fingerprint density at radius 1 is 0.532 bits per heavy atom.